The molecule has 0 unspecified atom stereocenters. The number of halogens is 1. The lowest BCUT2D eigenvalue weighted by Gasteiger charge is -2.19. The van der Waals surface area contributed by atoms with Crippen LogP contribution in [0.15, 0.2) is 59.1 Å². The SMILES string of the molecule is CC(C)[C@@H]([NH2+]CC(=O)NCC(=O)Nc1ccccc1Br)c1ccccc1. The first-order valence-electron chi connectivity index (χ1n) is 8.66. The van der Waals surface area contributed by atoms with Crippen LogP contribution < -0.4 is 16.0 Å². The zero-order valence-electron chi connectivity index (χ0n) is 15.0. The largest absolute Gasteiger partial charge is 0.342 e. The van der Waals surface area contributed by atoms with Crippen LogP contribution in [0.2, 0.25) is 0 Å². The first-order valence-corrected chi connectivity index (χ1v) is 9.46. The molecule has 26 heavy (non-hydrogen) atoms. The Morgan fingerprint density at radius 2 is 1.65 bits per heavy atom. The summed E-state index contributed by atoms with van der Waals surface area (Å²) >= 11 is 3.37. The quantitative estimate of drug-likeness (QED) is 0.615. The van der Waals surface area contributed by atoms with Gasteiger partial charge in [-0.1, -0.05) is 56.3 Å². The molecule has 6 heteroatoms. The molecule has 0 aliphatic heterocycles. The van der Waals surface area contributed by atoms with Crippen molar-refractivity contribution in [3.05, 3.63) is 64.6 Å². The van der Waals surface area contributed by atoms with Gasteiger partial charge in [-0.2, -0.15) is 0 Å². The molecule has 0 saturated heterocycles. The van der Waals surface area contributed by atoms with Gasteiger partial charge in [0.15, 0.2) is 6.54 Å². The Bertz CT molecular complexity index is 735. The van der Waals surface area contributed by atoms with Crippen molar-refractivity contribution < 1.29 is 14.9 Å². The minimum absolute atomic E-state index is 0.0499. The van der Waals surface area contributed by atoms with Gasteiger partial charge in [-0.15, -0.1) is 0 Å². The molecule has 138 valence electrons. The molecule has 0 heterocycles. The topological polar surface area (TPSA) is 74.8 Å². The van der Waals surface area contributed by atoms with E-state index >= 15 is 0 Å². The Morgan fingerprint density at radius 3 is 2.31 bits per heavy atom. The molecule has 1 atom stereocenters. The third-order valence-corrected chi connectivity index (χ3v) is 4.75. The number of hydrogen-bond donors (Lipinski definition) is 3. The van der Waals surface area contributed by atoms with Crippen molar-refractivity contribution >= 4 is 33.4 Å². The molecule has 0 radical (unpaired) electrons. The number of quaternary nitrogens is 1. The van der Waals surface area contributed by atoms with Crippen LogP contribution in [-0.4, -0.2) is 24.9 Å². The third kappa shape index (κ3) is 6.28. The first kappa shape index (κ1) is 20.1. The lowest BCUT2D eigenvalue weighted by atomic mass is 9.96. The number of rotatable bonds is 8. The number of nitrogens with two attached hydrogens (primary N) is 1. The minimum atomic E-state index is -0.256. The molecule has 0 saturated carbocycles. The van der Waals surface area contributed by atoms with E-state index in [-0.39, 0.29) is 30.9 Å². The zero-order chi connectivity index (χ0) is 18.9. The summed E-state index contributed by atoms with van der Waals surface area (Å²) in [6.45, 7) is 4.50. The van der Waals surface area contributed by atoms with E-state index in [1.165, 1.54) is 5.56 Å². The van der Waals surface area contributed by atoms with Crippen LogP contribution in [0, 0.1) is 5.92 Å². The molecular weight excluding hydrogens is 394 g/mol. The monoisotopic (exact) mass is 418 g/mol. The predicted molar refractivity (Wildman–Crippen MR) is 107 cm³/mol. The fourth-order valence-corrected chi connectivity index (χ4v) is 3.09. The summed E-state index contributed by atoms with van der Waals surface area (Å²) in [6, 6.07) is 17.7. The van der Waals surface area contributed by atoms with Gasteiger partial charge in [-0.05, 0) is 28.1 Å². The second-order valence-electron chi connectivity index (χ2n) is 6.43. The number of carbonyl (C=O) groups excluding carboxylic acids is 2. The van der Waals surface area contributed by atoms with Crippen LogP contribution >= 0.6 is 15.9 Å². The van der Waals surface area contributed by atoms with Crippen molar-refractivity contribution in [1.29, 1.82) is 0 Å². The molecule has 2 amide bonds. The number of carbonyl (C=O) groups is 2. The van der Waals surface area contributed by atoms with E-state index in [2.05, 4.69) is 52.5 Å². The van der Waals surface area contributed by atoms with E-state index in [0.29, 0.717) is 11.6 Å². The Labute approximate surface area is 162 Å². The first-order chi connectivity index (χ1) is 12.5. The fraction of sp³-hybridized carbons (Fsp3) is 0.300. The summed E-state index contributed by atoms with van der Waals surface area (Å²) in [5.74, 6) is -0.0218. The van der Waals surface area contributed by atoms with Gasteiger partial charge in [0.25, 0.3) is 5.91 Å². The lowest BCUT2D eigenvalue weighted by molar-refractivity contribution is -0.692. The second kappa shape index (κ2) is 10.1. The molecule has 5 nitrogen and oxygen atoms in total. The maximum absolute atomic E-state index is 12.1. The van der Waals surface area contributed by atoms with E-state index < -0.39 is 0 Å². The maximum Gasteiger partial charge on any atom is 0.275 e. The maximum atomic E-state index is 12.1. The number of anilines is 1. The van der Waals surface area contributed by atoms with Gasteiger partial charge in [0.1, 0.15) is 6.04 Å². The van der Waals surface area contributed by atoms with Gasteiger partial charge in [-0.3, -0.25) is 9.59 Å². The smallest absolute Gasteiger partial charge is 0.275 e. The Morgan fingerprint density at radius 1 is 1.00 bits per heavy atom. The van der Waals surface area contributed by atoms with E-state index in [0.717, 1.165) is 4.47 Å². The summed E-state index contributed by atoms with van der Waals surface area (Å²) in [5.41, 5.74) is 1.88. The van der Waals surface area contributed by atoms with Crippen molar-refractivity contribution in [1.82, 2.24) is 5.32 Å². The van der Waals surface area contributed by atoms with E-state index in [9.17, 15) is 9.59 Å². The van der Waals surface area contributed by atoms with Gasteiger partial charge in [0, 0.05) is 16.0 Å². The normalized spacial score (nSPS) is 11.8. The Kier molecular flexibility index (Phi) is 7.81. The Balaban J connectivity index is 1.79. The molecular formula is C20H25BrN3O2+. The number of amides is 2. The van der Waals surface area contributed by atoms with Crippen molar-refractivity contribution in [2.45, 2.75) is 19.9 Å². The van der Waals surface area contributed by atoms with Gasteiger partial charge in [-0.25, -0.2) is 0 Å². The van der Waals surface area contributed by atoms with Crippen molar-refractivity contribution in [2.75, 3.05) is 18.4 Å². The second-order valence-corrected chi connectivity index (χ2v) is 7.28. The van der Waals surface area contributed by atoms with Crippen LogP contribution in [-0.2, 0) is 9.59 Å². The summed E-state index contributed by atoms with van der Waals surface area (Å²) < 4.78 is 0.802. The molecule has 2 aromatic rings. The summed E-state index contributed by atoms with van der Waals surface area (Å²) in [5, 5.41) is 7.45. The highest BCUT2D eigenvalue weighted by molar-refractivity contribution is 9.10. The molecule has 0 fully saturated rings. The van der Waals surface area contributed by atoms with E-state index in [4.69, 9.17) is 0 Å². The summed E-state index contributed by atoms with van der Waals surface area (Å²) in [6.07, 6.45) is 0. The van der Waals surface area contributed by atoms with Crippen molar-refractivity contribution in [2.24, 2.45) is 5.92 Å². The highest BCUT2D eigenvalue weighted by Gasteiger charge is 2.20. The average Bonchev–Trinajstić information content (AvgIpc) is 2.63. The zero-order valence-corrected chi connectivity index (χ0v) is 16.6. The molecule has 0 aliphatic rings. The standard InChI is InChI=1S/C20H24BrN3O2/c1-14(2)20(15-8-4-3-5-9-15)23-12-18(25)22-13-19(26)24-17-11-7-6-10-16(17)21/h3-11,14,20,23H,12-13H2,1-2H3,(H,22,25)(H,24,26)/p+1/t20-/m1/s1. The molecule has 2 rings (SSSR count). The number of para-hydroxylation sites is 1. The van der Waals surface area contributed by atoms with Crippen LogP contribution in [0.3, 0.4) is 0 Å². The highest BCUT2D eigenvalue weighted by Crippen LogP contribution is 2.20. The van der Waals surface area contributed by atoms with Crippen LogP contribution in [0.1, 0.15) is 25.5 Å². The van der Waals surface area contributed by atoms with E-state index in [1.807, 2.05) is 41.7 Å². The molecule has 2 aromatic carbocycles. The van der Waals surface area contributed by atoms with Crippen molar-refractivity contribution in [3.8, 4) is 0 Å². The average molecular weight is 419 g/mol. The third-order valence-electron chi connectivity index (χ3n) is 4.05. The molecule has 0 aliphatic carbocycles. The molecule has 0 aromatic heterocycles. The lowest BCUT2D eigenvalue weighted by Crippen LogP contribution is -2.88. The van der Waals surface area contributed by atoms with Crippen LogP contribution in [0.4, 0.5) is 5.69 Å². The minimum Gasteiger partial charge on any atom is -0.342 e. The number of nitrogens with one attached hydrogen (secondary N) is 2. The fourth-order valence-electron chi connectivity index (χ4n) is 2.71. The van der Waals surface area contributed by atoms with Gasteiger partial charge in [0.05, 0.1) is 12.2 Å². The molecule has 0 spiro atoms. The number of benzene rings is 2. The summed E-state index contributed by atoms with van der Waals surface area (Å²) in [4.78, 5) is 24.1. The molecule has 0 bridgehead atoms. The van der Waals surface area contributed by atoms with Gasteiger partial charge >= 0.3 is 0 Å². The Hall–Kier alpha value is -2.18. The van der Waals surface area contributed by atoms with Gasteiger partial charge in [0.2, 0.25) is 5.91 Å². The van der Waals surface area contributed by atoms with E-state index in [1.54, 1.807) is 6.07 Å². The van der Waals surface area contributed by atoms with Gasteiger partial charge < -0.3 is 16.0 Å². The molecule has 4 N–H and O–H groups in total. The van der Waals surface area contributed by atoms with Crippen molar-refractivity contribution in [3.63, 3.8) is 0 Å². The van der Waals surface area contributed by atoms with Crippen LogP contribution in [0.25, 0.3) is 0 Å². The summed E-state index contributed by atoms with van der Waals surface area (Å²) in [7, 11) is 0. The number of hydrogen-bond acceptors (Lipinski definition) is 2. The van der Waals surface area contributed by atoms with Crippen LogP contribution in [0.5, 0.6) is 0 Å². The predicted octanol–water partition coefficient (Wildman–Crippen LogP) is 2.46. The highest BCUT2D eigenvalue weighted by atomic mass is 79.9.